The minimum Gasteiger partial charge on any atom is -0.303 e. The molecule has 1 unspecified atom stereocenters. The molecular formula is C9H18BrNO2S. The highest BCUT2D eigenvalue weighted by Gasteiger charge is 2.20. The van der Waals surface area contributed by atoms with E-state index in [0.29, 0.717) is 5.75 Å². The molecule has 84 valence electrons. The normalized spacial score (nSPS) is 24.3. The van der Waals surface area contributed by atoms with Crippen molar-refractivity contribution in [2.45, 2.75) is 12.8 Å². The Bertz CT molecular complexity index is 266. The molecule has 0 radical (unpaired) electrons. The van der Waals surface area contributed by atoms with Crippen molar-refractivity contribution < 1.29 is 8.42 Å². The number of hydrogen-bond donors (Lipinski definition) is 0. The molecule has 0 aromatic rings. The topological polar surface area (TPSA) is 37.4 Å². The van der Waals surface area contributed by atoms with Crippen LogP contribution in [0.2, 0.25) is 0 Å². The molecule has 0 N–H and O–H groups in total. The molecule has 14 heavy (non-hydrogen) atoms. The van der Waals surface area contributed by atoms with Crippen LogP contribution < -0.4 is 0 Å². The maximum absolute atomic E-state index is 10.9. The smallest absolute Gasteiger partial charge is 0.147 e. The predicted molar refractivity (Wildman–Crippen MR) is 62.7 cm³/mol. The number of halogens is 1. The number of hydrogen-bond acceptors (Lipinski definition) is 3. The number of sulfone groups is 1. The lowest BCUT2D eigenvalue weighted by molar-refractivity contribution is 0.330. The van der Waals surface area contributed by atoms with E-state index in [4.69, 9.17) is 0 Å². The highest BCUT2D eigenvalue weighted by Crippen LogP contribution is 2.17. The summed E-state index contributed by atoms with van der Waals surface area (Å²) in [6.07, 6.45) is 3.32. The van der Waals surface area contributed by atoms with Gasteiger partial charge in [-0.3, -0.25) is 0 Å². The Balaban J connectivity index is 2.15. The molecule has 1 aliphatic rings. The SMILES string of the molecule is CS(=O)(=O)CCCN1CCC(CBr)C1. The van der Waals surface area contributed by atoms with Gasteiger partial charge in [-0.15, -0.1) is 0 Å². The molecule has 1 saturated heterocycles. The van der Waals surface area contributed by atoms with Crippen molar-refractivity contribution in [3.05, 3.63) is 0 Å². The van der Waals surface area contributed by atoms with Gasteiger partial charge in [-0.05, 0) is 31.8 Å². The Kier molecular flexibility index (Phi) is 4.87. The van der Waals surface area contributed by atoms with Gasteiger partial charge in [-0.25, -0.2) is 8.42 Å². The standard InChI is InChI=1S/C9H18BrNO2S/c1-14(12,13)6-2-4-11-5-3-9(7-10)8-11/h9H,2-8H2,1H3. The highest BCUT2D eigenvalue weighted by atomic mass is 79.9. The summed E-state index contributed by atoms with van der Waals surface area (Å²) in [5.41, 5.74) is 0. The summed E-state index contributed by atoms with van der Waals surface area (Å²) >= 11 is 3.48. The van der Waals surface area contributed by atoms with E-state index in [1.807, 2.05) is 0 Å². The molecular weight excluding hydrogens is 266 g/mol. The van der Waals surface area contributed by atoms with Gasteiger partial charge in [0.1, 0.15) is 9.84 Å². The first-order chi connectivity index (χ1) is 6.51. The van der Waals surface area contributed by atoms with E-state index in [0.717, 1.165) is 37.3 Å². The van der Waals surface area contributed by atoms with E-state index in [-0.39, 0.29) is 0 Å². The van der Waals surface area contributed by atoms with Gasteiger partial charge in [0.15, 0.2) is 0 Å². The van der Waals surface area contributed by atoms with Gasteiger partial charge in [-0.2, -0.15) is 0 Å². The Hall–Kier alpha value is 0.390. The van der Waals surface area contributed by atoms with Gasteiger partial charge in [0.2, 0.25) is 0 Å². The molecule has 1 rings (SSSR count). The Morgan fingerprint density at radius 2 is 2.21 bits per heavy atom. The van der Waals surface area contributed by atoms with Crippen molar-refractivity contribution in [2.75, 3.05) is 37.0 Å². The first kappa shape index (κ1) is 12.5. The summed E-state index contributed by atoms with van der Waals surface area (Å²) in [5, 5.41) is 1.07. The van der Waals surface area contributed by atoms with E-state index in [2.05, 4.69) is 20.8 Å². The lowest BCUT2D eigenvalue weighted by Gasteiger charge is -2.14. The van der Waals surface area contributed by atoms with Crippen LogP contribution in [0.3, 0.4) is 0 Å². The highest BCUT2D eigenvalue weighted by molar-refractivity contribution is 9.09. The molecule has 1 aliphatic heterocycles. The molecule has 0 aromatic carbocycles. The minimum atomic E-state index is -2.77. The fourth-order valence-corrected chi connectivity index (χ4v) is 2.97. The van der Waals surface area contributed by atoms with E-state index < -0.39 is 9.84 Å². The van der Waals surface area contributed by atoms with E-state index in [1.54, 1.807) is 0 Å². The van der Waals surface area contributed by atoms with Gasteiger partial charge in [0, 0.05) is 18.1 Å². The zero-order chi connectivity index (χ0) is 10.6. The van der Waals surface area contributed by atoms with Crippen molar-refractivity contribution in [3.63, 3.8) is 0 Å². The third-order valence-electron chi connectivity index (χ3n) is 2.58. The maximum Gasteiger partial charge on any atom is 0.147 e. The van der Waals surface area contributed by atoms with Crippen molar-refractivity contribution in [1.82, 2.24) is 4.90 Å². The monoisotopic (exact) mass is 283 g/mol. The van der Waals surface area contributed by atoms with Crippen molar-refractivity contribution in [3.8, 4) is 0 Å². The van der Waals surface area contributed by atoms with Crippen LogP contribution in [0.1, 0.15) is 12.8 Å². The van der Waals surface area contributed by atoms with Gasteiger partial charge < -0.3 is 4.90 Å². The van der Waals surface area contributed by atoms with E-state index in [9.17, 15) is 8.42 Å². The van der Waals surface area contributed by atoms with Crippen LogP contribution in [0.25, 0.3) is 0 Å². The summed E-state index contributed by atoms with van der Waals surface area (Å²) in [7, 11) is -2.77. The summed E-state index contributed by atoms with van der Waals surface area (Å²) < 4.78 is 21.8. The van der Waals surface area contributed by atoms with Crippen LogP contribution >= 0.6 is 15.9 Å². The van der Waals surface area contributed by atoms with Crippen LogP contribution in [-0.4, -0.2) is 50.3 Å². The van der Waals surface area contributed by atoms with Gasteiger partial charge in [0.25, 0.3) is 0 Å². The zero-order valence-electron chi connectivity index (χ0n) is 8.58. The van der Waals surface area contributed by atoms with Crippen LogP contribution in [0, 0.1) is 5.92 Å². The molecule has 0 saturated carbocycles. The van der Waals surface area contributed by atoms with Gasteiger partial charge >= 0.3 is 0 Å². The molecule has 1 fully saturated rings. The molecule has 0 amide bonds. The van der Waals surface area contributed by atoms with E-state index in [1.165, 1.54) is 12.7 Å². The van der Waals surface area contributed by atoms with Crippen LogP contribution in [0.4, 0.5) is 0 Å². The largest absolute Gasteiger partial charge is 0.303 e. The average Bonchev–Trinajstić information content (AvgIpc) is 2.50. The summed E-state index contributed by atoms with van der Waals surface area (Å²) in [5.74, 6) is 1.08. The average molecular weight is 284 g/mol. The second-order valence-electron chi connectivity index (χ2n) is 4.09. The van der Waals surface area contributed by atoms with Crippen LogP contribution in [0.5, 0.6) is 0 Å². The molecule has 0 spiro atoms. The number of alkyl halides is 1. The molecule has 0 bridgehead atoms. The van der Waals surface area contributed by atoms with Gasteiger partial charge in [0.05, 0.1) is 5.75 Å². The predicted octanol–water partition coefficient (Wildman–Crippen LogP) is 1.14. The number of nitrogens with zero attached hydrogens (tertiary/aromatic N) is 1. The number of likely N-dealkylation sites (tertiary alicyclic amines) is 1. The summed E-state index contributed by atoms with van der Waals surface area (Å²) in [6.45, 7) is 3.17. The van der Waals surface area contributed by atoms with Gasteiger partial charge in [-0.1, -0.05) is 15.9 Å². The Labute approximate surface area is 94.9 Å². The van der Waals surface area contributed by atoms with E-state index >= 15 is 0 Å². The summed E-state index contributed by atoms with van der Waals surface area (Å²) in [4.78, 5) is 2.36. The fraction of sp³-hybridized carbons (Fsp3) is 1.00. The second kappa shape index (κ2) is 5.47. The quantitative estimate of drug-likeness (QED) is 0.710. The third-order valence-corrected chi connectivity index (χ3v) is 4.52. The van der Waals surface area contributed by atoms with Crippen molar-refractivity contribution in [1.29, 1.82) is 0 Å². The molecule has 1 atom stereocenters. The van der Waals surface area contributed by atoms with Crippen LogP contribution in [0.15, 0.2) is 0 Å². The first-order valence-electron chi connectivity index (χ1n) is 4.97. The molecule has 0 aromatic heterocycles. The first-order valence-corrected chi connectivity index (χ1v) is 8.15. The molecule has 1 heterocycles. The fourth-order valence-electron chi connectivity index (χ4n) is 1.79. The minimum absolute atomic E-state index is 0.322. The molecule has 3 nitrogen and oxygen atoms in total. The number of rotatable bonds is 5. The third kappa shape index (κ3) is 4.75. The van der Waals surface area contributed by atoms with Crippen molar-refractivity contribution in [2.24, 2.45) is 5.92 Å². The molecule has 5 heteroatoms. The Morgan fingerprint density at radius 1 is 1.50 bits per heavy atom. The lowest BCUT2D eigenvalue weighted by Crippen LogP contribution is -2.23. The van der Waals surface area contributed by atoms with Crippen LogP contribution in [-0.2, 0) is 9.84 Å². The second-order valence-corrected chi connectivity index (χ2v) is 7.00. The van der Waals surface area contributed by atoms with Crippen molar-refractivity contribution >= 4 is 25.8 Å². The lowest BCUT2D eigenvalue weighted by atomic mass is 10.2. The summed E-state index contributed by atoms with van der Waals surface area (Å²) in [6, 6.07) is 0. The zero-order valence-corrected chi connectivity index (χ0v) is 11.0. The maximum atomic E-state index is 10.9. The Morgan fingerprint density at radius 3 is 2.71 bits per heavy atom. The molecule has 0 aliphatic carbocycles.